The zero-order valence-electron chi connectivity index (χ0n) is 17.8. The van der Waals surface area contributed by atoms with Crippen molar-refractivity contribution in [3.63, 3.8) is 0 Å². The van der Waals surface area contributed by atoms with Crippen LogP contribution in [0, 0.1) is 0 Å². The highest BCUT2D eigenvalue weighted by molar-refractivity contribution is 5.94. The van der Waals surface area contributed by atoms with E-state index >= 15 is 0 Å². The van der Waals surface area contributed by atoms with Gasteiger partial charge in [0.05, 0.1) is 6.61 Å². The Labute approximate surface area is 178 Å². The average Bonchev–Trinajstić information content (AvgIpc) is 2.79. The Bertz CT molecular complexity index is 848. The maximum atomic E-state index is 12.9. The number of piperidine rings is 1. The van der Waals surface area contributed by atoms with Gasteiger partial charge in [-0.2, -0.15) is 0 Å². The van der Waals surface area contributed by atoms with Crippen molar-refractivity contribution in [2.45, 2.75) is 32.7 Å². The molecule has 2 amide bonds. The Kier molecular flexibility index (Phi) is 7.71. The fourth-order valence-corrected chi connectivity index (χ4v) is 3.55. The molecule has 0 N–H and O–H groups in total. The number of ether oxygens (including phenoxy) is 2. The van der Waals surface area contributed by atoms with Gasteiger partial charge in [-0.3, -0.25) is 9.59 Å². The fraction of sp³-hybridized carbons (Fsp3) is 0.417. The number of hydrogen-bond acceptors (Lipinski definition) is 4. The lowest BCUT2D eigenvalue weighted by Crippen LogP contribution is -2.38. The highest BCUT2D eigenvalue weighted by Crippen LogP contribution is 2.29. The van der Waals surface area contributed by atoms with Crippen LogP contribution >= 0.6 is 0 Å². The average molecular weight is 411 g/mol. The summed E-state index contributed by atoms with van der Waals surface area (Å²) < 4.78 is 11.4. The van der Waals surface area contributed by atoms with E-state index in [1.165, 1.54) is 6.42 Å². The molecule has 1 fully saturated rings. The summed E-state index contributed by atoms with van der Waals surface area (Å²) in [4.78, 5) is 28.8. The van der Waals surface area contributed by atoms with Gasteiger partial charge >= 0.3 is 0 Å². The lowest BCUT2D eigenvalue weighted by molar-refractivity contribution is -0.134. The summed E-state index contributed by atoms with van der Waals surface area (Å²) in [5.41, 5.74) is 1.58. The smallest absolute Gasteiger partial charge is 0.260 e. The topological polar surface area (TPSA) is 59.1 Å². The van der Waals surface area contributed by atoms with Crippen molar-refractivity contribution in [3.05, 3.63) is 59.7 Å². The predicted molar refractivity (Wildman–Crippen MR) is 116 cm³/mol. The molecule has 0 saturated carbocycles. The summed E-state index contributed by atoms with van der Waals surface area (Å²) >= 11 is 0. The number of hydrogen-bond donors (Lipinski definition) is 0. The summed E-state index contributed by atoms with van der Waals surface area (Å²) in [5, 5.41) is 0. The molecule has 0 atom stereocenters. The van der Waals surface area contributed by atoms with Crippen molar-refractivity contribution in [1.82, 2.24) is 9.80 Å². The highest BCUT2D eigenvalue weighted by Gasteiger charge is 2.19. The second-order valence-electron chi connectivity index (χ2n) is 7.47. The Hall–Kier alpha value is -3.02. The summed E-state index contributed by atoms with van der Waals surface area (Å²) in [7, 11) is 1.78. The summed E-state index contributed by atoms with van der Waals surface area (Å²) in [5.74, 6) is 0.836. The van der Waals surface area contributed by atoms with Gasteiger partial charge in [-0.05, 0) is 49.9 Å². The number of carbonyl (C=O) groups is 2. The van der Waals surface area contributed by atoms with Crippen molar-refractivity contribution >= 4 is 11.8 Å². The molecule has 0 aromatic heterocycles. The summed E-state index contributed by atoms with van der Waals surface area (Å²) in [6, 6.07) is 15.0. The normalized spacial score (nSPS) is 13.6. The molecule has 160 valence electrons. The molecule has 0 bridgehead atoms. The third-order valence-corrected chi connectivity index (χ3v) is 5.16. The quantitative estimate of drug-likeness (QED) is 0.665. The van der Waals surface area contributed by atoms with Gasteiger partial charge in [0.25, 0.3) is 11.8 Å². The van der Waals surface area contributed by atoms with Crippen molar-refractivity contribution in [3.8, 4) is 11.5 Å². The van der Waals surface area contributed by atoms with Crippen LogP contribution in [0.15, 0.2) is 48.5 Å². The molecule has 0 unspecified atom stereocenters. The molecule has 0 spiro atoms. The van der Waals surface area contributed by atoms with Crippen LogP contribution in [0.25, 0.3) is 0 Å². The summed E-state index contributed by atoms with van der Waals surface area (Å²) in [6.45, 7) is 4.39. The van der Waals surface area contributed by atoms with Crippen molar-refractivity contribution < 1.29 is 19.1 Å². The molecule has 6 heteroatoms. The molecule has 2 aromatic rings. The number of rotatable bonds is 8. The number of likely N-dealkylation sites (tertiary alicyclic amines) is 1. The largest absolute Gasteiger partial charge is 0.490 e. The van der Waals surface area contributed by atoms with Crippen molar-refractivity contribution in [2.24, 2.45) is 0 Å². The van der Waals surface area contributed by atoms with Gasteiger partial charge in [0, 0.05) is 32.2 Å². The minimum absolute atomic E-state index is 0.0140. The van der Waals surface area contributed by atoms with Crippen LogP contribution in [0.1, 0.15) is 42.1 Å². The minimum Gasteiger partial charge on any atom is -0.490 e. The molecular weight excluding hydrogens is 380 g/mol. The van der Waals surface area contributed by atoms with Gasteiger partial charge in [-0.1, -0.05) is 30.3 Å². The maximum absolute atomic E-state index is 12.9. The second kappa shape index (κ2) is 10.7. The van der Waals surface area contributed by atoms with Gasteiger partial charge < -0.3 is 19.3 Å². The van der Waals surface area contributed by atoms with Crippen LogP contribution in [0.3, 0.4) is 0 Å². The second-order valence-corrected chi connectivity index (χ2v) is 7.47. The first kappa shape index (κ1) is 21.7. The van der Waals surface area contributed by atoms with Gasteiger partial charge in [0.15, 0.2) is 18.1 Å². The molecule has 2 aromatic carbocycles. The first-order valence-corrected chi connectivity index (χ1v) is 10.5. The first-order chi connectivity index (χ1) is 14.6. The van der Waals surface area contributed by atoms with Gasteiger partial charge in [0.1, 0.15) is 0 Å². The van der Waals surface area contributed by atoms with Crippen LogP contribution in [0.2, 0.25) is 0 Å². The highest BCUT2D eigenvalue weighted by atomic mass is 16.5. The lowest BCUT2D eigenvalue weighted by Gasteiger charge is -2.26. The van der Waals surface area contributed by atoms with Crippen molar-refractivity contribution in [1.29, 1.82) is 0 Å². The molecule has 3 rings (SSSR count). The van der Waals surface area contributed by atoms with Gasteiger partial charge in [-0.25, -0.2) is 0 Å². The van der Waals surface area contributed by atoms with Crippen LogP contribution in [0.5, 0.6) is 11.5 Å². The zero-order valence-corrected chi connectivity index (χ0v) is 17.8. The van der Waals surface area contributed by atoms with E-state index in [1.807, 2.05) is 42.2 Å². The predicted octanol–water partition coefficient (Wildman–Crippen LogP) is 3.75. The molecule has 1 heterocycles. The standard InChI is InChI=1S/C24H30N2O4/c1-3-29-22-16-20(24(28)25(2)17-19-10-6-4-7-11-19)12-13-21(22)30-18-23(27)26-14-8-5-9-15-26/h4,6-7,10-13,16H,3,5,8-9,14-15,17-18H2,1-2H3. The number of nitrogens with zero attached hydrogens (tertiary/aromatic N) is 2. The molecule has 1 saturated heterocycles. The summed E-state index contributed by atoms with van der Waals surface area (Å²) in [6.07, 6.45) is 3.26. The zero-order chi connectivity index (χ0) is 21.3. The number of benzene rings is 2. The molecule has 1 aliphatic heterocycles. The molecule has 0 aliphatic carbocycles. The van der Waals surface area contributed by atoms with E-state index < -0.39 is 0 Å². The maximum Gasteiger partial charge on any atom is 0.260 e. The Balaban J connectivity index is 1.66. The van der Waals surface area contributed by atoms with E-state index in [0.29, 0.717) is 30.2 Å². The SMILES string of the molecule is CCOc1cc(C(=O)N(C)Cc2ccccc2)ccc1OCC(=O)N1CCCCC1. The molecule has 1 aliphatic rings. The third-order valence-electron chi connectivity index (χ3n) is 5.16. The van der Waals surface area contributed by atoms with E-state index in [1.54, 1.807) is 30.1 Å². The van der Waals surface area contributed by atoms with E-state index in [-0.39, 0.29) is 18.4 Å². The number of carbonyl (C=O) groups excluding carboxylic acids is 2. The van der Waals surface area contributed by atoms with Crippen LogP contribution in [0.4, 0.5) is 0 Å². The molecular formula is C24H30N2O4. The lowest BCUT2D eigenvalue weighted by atomic mass is 10.1. The molecule has 30 heavy (non-hydrogen) atoms. The van der Waals surface area contributed by atoms with Gasteiger partial charge in [-0.15, -0.1) is 0 Å². The molecule has 0 radical (unpaired) electrons. The molecule has 6 nitrogen and oxygen atoms in total. The minimum atomic E-state index is -0.101. The Morgan fingerprint density at radius 2 is 1.70 bits per heavy atom. The fourth-order valence-electron chi connectivity index (χ4n) is 3.55. The van der Waals surface area contributed by atoms with Crippen LogP contribution in [-0.4, -0.2) is 55.0 Å². The number of amides is 2. The third kappa shape index (κ3) is 5.75. The van der Waals surface area contributed by atoms with E-state index in [4.69, 9.17) is 9.47 Å². The van der Waals surface area contributed by atoms with E-state index in [9.17, 15) is 9.59 Å². The Morgan fingerprint density at radius 1 is 0.967 bits per heavy atom. The van der Waals surface area contributed by atoms with E-state index in [0.717, 1.165) is 31.5 Å². The van der Waals surface area contributed by atoms with Crippen LogP contribution < -0.4 is 9.47 Å². The van der Waals surface area contributed by atoms with Gasteiger partial charge in [0.2, 0.25) is 0 Å². The first-order valence-electron chi connectivity index (χ1n) is 10.5. The van der Waals surface area contributed by atoms with Crippen molar-refractivity contribution in [2.75, 3.05) is 33.4 Å². The van der Waals surface area contributed by atoms with E-state index in [2.05, 4.69) is 0 Å². The monoisotopic (exact) mass is 410 g/mol. The Morgan fingerprint density at radius 3 is 2.40 bits per heavy atom. The van der Waals surface area contributed by atoms with Crippen LogP contribution in [-0.2, 0) is 11.3 Å².